The Balaban J connectivity index is 2.29. The third-order valence-electron chi connectivity index (χ3n) is 3.87. The van der Waals surface area contributed by atoms with E-state index in [9.17, 15) is 4.79 Å². The van der Waals surface area contributed by atoms with E-state index in [1.54, 1.807) is 12.3 Å². The number of benzene rings is 2. The number of fused-ring (bicyclic) bond motifs is 1. The average Bonchev–Trinajstić information content (AvgIpc) is 2.58. The lowest BCUT2D eigenvalue weighted by atomic mass is 9.96. The molecule has 0 bridgehead atoms. The topological polar surface area (TPSA) is 98.3 Å². The van der Waals surface area contributed by atoms with Gasteiger partial charge in [-0.15, -0.1) is 0 Å². The van der Waals surface area contributed by atoms with Crippen LogP contribution in [-0.2, 0) is 11.2 Å². The highest BCUT2D eigenvalue weighted by Crippen LogP contribution is 2.37. The quantitative estimate of drug-likeness (QED) is 0.724. The molecule has 0 amide bonds. The lowest BCUT2D eigenvalue weighted by Gasteiger charge is -2.15. The summed E-state index contributed by atoms with van der Waals surface area (Å²) < 4.78 is 5.50. The molecule has 0 unspecified atom stereocenters. The molecule has 2 aromatic carbocycles. The molecule has 0 radical (unpaired) electrons. The number of halogens is 1. The van der Waals surface area contributed by atoms with Crippen LogP contribution in [0.3, 0.4) is 0 Å². The largest absolute Gasteiger partial charge is 0.494 e. The summed E-state index contributed by atoms with van der Waals surface area (Å²) >= 11 is 6.12. The van der Waals surface area contributed by atoms with E-state index < -0.39 is 5.97 Å². The Hall–Kier alpha value is -2.86. The number of rotatable bonds is 5. The van der Waals surface area contributed by atoms with E-state index in [0.29, 0.717) is 22.7 Å². The highest BCUT2D eigenvalue weighted by atomic mass is 35.5. The van der Waals surface area contributed by atoms with Crippen LogP contribution < -0.4 is 10.5 Å². The zero-order chi connectivity index (χ0) is 18.0. The normalized spacial score (nSPS) is 10.8. The zero-order valence-corrected chi connectivity index (χ0v) is 14.2. The van der Waals surface area contributed by atoms with Crippen molar-refractivity contribution in [1.29, 1.82) is 0 Å². The van der Waals surface area contributed by atoms with E-state index in [1.807, 2.05) is 24.3 Å². The van der Waals surface area contributed by atoms with Gasteiger partial charge in [-0.1, -0.05) is 23.7 Å². The molecule has 25 heavy (non-hydrogen) atoms. The minimum atomic E-state index is -0.881. The van der Waals surface area contributed by atoms with Crippen molar-refractivity contribution in [3.63, 3.8) is 0 Å². The van der Waals surface area contributed by atoms with Gasteiger partial charge >= 0.3 is 5.97 Å². The number of aryl methyl sites for hydroxylation is 1. The number of nitrogens with two attached hydrogens (primary N) is 1. The number of methoxy groups -OCH3 is 1. The molecule has 1 aromatic heterocycles. The third-order valence-corrected chi connectivity index (χ3v) is 4.11. The molecule has 6 nitrogen and oxygen atoms in total. The Morgan fingerprint density at radius 3 is 2.84 bits per heavy atom. The lowest BCUT2D eigenvalue weighted by molar-refractivity contribution is -0.136. The van der Waals surface area contributed by atoms with Crippen LogP contribution in [0.2, 0.25) is 5.02 Å². The Morgan fingerprint density at radius 2 is 2.16 bits per heavy atom. The smallest absolute Gasteiger partial charge is 0.303 e. The first kappa shape index (κ1) is 17.0. The maximum atomic E-state index is 11.0. The fraction of sp³-hybridized carbons (Fsp3) is 0.167. The summed E-state index contributed by atoms with van der Waals surface area (Å²) in [4.78, 5) is 19.4. The standard InChI is InChI=1S/C18H16ClN3O3/c1-25-17-11(5-6-15(23)24)8-13(10-3-2-4-12(19)7-10)14-9-21-18(20)22-16(14)17/h2-4,7-9H,5-6H2,1H3,(H,23,24)(H2,20,21,22). The Bertz CT molecular complexity index is 960. The summed E-state index contributed by atoms with van der Waals surface area (Å²) in [6.45, 7) is 0. The molecule has 3 N–H and O–H groups in total. The predicted octanol–water partition coefficient (Wildman–Crippen LogP) is 3.56. The summed E-state index contributed by atoms with van der Waals surface area (Å²) in [5.41, 5.74) is 8.76. The molecule has 3 rings (SSSR count). The SMILES string of the molecule is COc1c(CCC(=O)O)cc(-c2cccc(Cl)c2)c2cnc(N)nc12. The fourth-order valence-electron chi connectivity index (χ4n) is 2.79. The molecule has 7 heteroatoms. The highest BCUT2D eigenvalue weighted by molar-refractivity contribution is 6.30. The highest BCUT2D eigenvalue weighted by Gasteiger charge is 2.17. The van der Waals surface area contributed by atoms with Crippen LogP contribution in [0.25, 0.3) is 22.0 Å². The molecule has 0 saturated carbocycles. The van der Waals surface area contributed by atoms with E-state index in [2.05, 4.69) is 9.97 Å². The van der Waals surface area contributed by atoms with Gasteiger partial charge in [0.1, 0.15) is 11.3 Å². The number of ether oxygens (including phenoxy) is 1. The molecule has 0 aliphatic heterocycles. The number of hydrogen-bond acceptors (Lipinski definition) is 5. The zero-order valence-electron chi connectivity index (χ0n) is 13.5. The summed E-state index contributed by atoms with van der Waals surface area (Å²) in [6.07, 6.45) is 1.93. The number of aliphatic carboxylic acids is 1. The summed E-state index contributed by atoms with van der Waals surface area (Å²) in [7, 11) is 1.52. The first-order chi connectivity index (χ1) is 12.0. The van der Waals surface area contributed by atoms with Crippen molar-refractivity contribution in [3.05, 3.63) is 47.1 Å². The van der Waals surface area contributed by atoms with E-state index in [1.165, 1.54) is 7.11 Å². The molecule has 3 aromatic rings. The van der Waals surface area contributed by atoms with Gasteiger partial charge in [0.15, 0.2) is 0 Å². The van der Waals surface area contributed by atoms with E-state index >= 15 is 0 Å². The third kappa shape index (κ3) is 3.49. The van der Waals surface area contributed by atoms with Crippen molar-refractivity contribution < 1.29 is 14.6 Å². The van der Waals surface area contributed by atoms with Gasteiger partial charge in [-0.05, 0) is 41.3 Å². The number of carboxylic acid groups (broad SMARTS) is 1. The van der Waals surface area contributed by atoms with Gasteiger partial charge in [0.25, 0.3) is 0 Å². The number of aromatic nitrogens is 2. The van der Waals surface area contributed by atoms with Crippen LogP contribution in [-0.4, -0.2) is 28.2 Å². The Morgan fingerprint density at radius 1 is 1.36 bits per heavy atom. The second-order valence-corrected chi connectivity index (χ2v) is 5.95. The second kappa shape index (κ2) is 6.94. The molecule has 0 aliphatic rings. The van der Waals surface area contributed by atoms with E-state index in [-0.39, 0.29) is 12.4 Å². The van der Waals surface area contributed by atoms with Gasteiger partial charge in [-0.2, -0.15) is 0 Å². The van der Waals surface area contributed by atoms with Crippen molar-refractivity contribution in [2.45, 2.75) is 12.8 Å². The van der Waals surface area contributed by atoms with Crippen LogP contribution in [0.5, 0.6) is 5.75 Å². The van der Waals surface area contributed by atoms with Crippen LogP contribution in [0.4, 0.5) is 5.95 Å². The van der Waals surface area contributed by atoms with Crippen LogP contribution >= 0.6 is 11.6 Å². The van der Waals surface area contributed by atoms with Crippen LogP contribution in [0, 0.1) is 0 Å². The Labute approximate surface area is 149 Å². The first-order valence-electron chi connectivity index (χ1n) is 7.59. The second-order valence-electron chi connectivity index (χ2n) is 5.51. The molecule has 1 heterocycles. The first-order valence-corrected chi connectivity index (χ1v) is 7.97. The number of carbonyl (C=O) groups is 1. The van der Waals surface area contributed by atoms with Crippen molar-refractivity contribution in [3.8, 4) is 16.9 Å². The average molecular weight is 358 g/mol. The molecule has 128 valence electrons. The van der Waals surface area contributed by atoms with E-state index in [4.69, 9.17) is 27.2 Å². The fourth-order valence-corrected chi connectivity index (χ4v) is 2.98. The van der Waals surface area contributed by atoms with Crippen LogP contribution in [0.15, 0.2) is 36.5 Å². The number of anilines is 1. The number of nitrogen functional groups attached to an aromatic ring is 1. The summed E-state index contributed by atoms with van der Waals surface area (Å²) in [5, 5.41) is 10.4. The summed E-state index contributed by atoms with van der Waals surface area (Å²) in [5.74, 6) is -0.247. The van der Waals surface area contributed by atoms with Gasteiger partial charge in [0.05, 0.1) is 7.11 Å². The molecule has 0 atom stereocenters. The maximum absolute atomic E-state index is 11.0. The minimum Gasteiger partial charge on any atom is -0.494 e. The minimum absolute atomic E-state index is 0.0165. The Kier molecular flexibility index (Phi) is 4.72. The molecule has 0 spiro atoms. The molecular weight excluding hydrogens is 342 g/mol. The molecule has 0 aliphatic carbocycles. The van der Waals surface area contributed by atoms with Gasteiger partial charge in [-0.3, -0.25) is 4.79 Å². The summed E-state index contributed by atoms with van der Waals surface area (Å²) in [6, 6.07) is 9.29. The number of hydrogen-bond donors (Lipinski definition) is 2. The molecule has 0 saturated heterocycles. The molecule has 0 fully saturated rings. The lowest BCUT2D eigenvalue weighted by Crippen LogP contribution is -2.03. The maximum Gasteiger partial charge on any atom is 0.303 e. The van der Waals surface area contributed by atoms with Crippen LogP contribution in [0.1, 0.15) is 12.0 Å². The number of carboxylic acids is 1. The van der Waals surface area contributed by atoms with Crippen molar-refractivity contribution in [1.82, 2.24) is 9.97 Å². The number of nitrogens with zero attached hydrogens (tertiary/aromatic N) is 2. The molecular formula is C18H16ClN3O3. The van der Waals surface area contributed by atoms with Crippen molar-refractivity contribution in [2.75, 3.05) is 12.8 Å². The van der Waals surface area contributed by atoms with E-state index in [0.717, 1.165) is 22.1 Å². The van der Waals surface area contributed by atoms with Gasteiger partial charge in [0, 0.05) is 23.0 Å². The van der Waals surface area contributed by atoms with Gasteiger partial charge in [-0.25, -0.2) is 9.97 Å². The van der Waals surface area contributed by atoms with Crippen molar-refractivity contribution >= 4 is 34.4 Å². The van der Waals surface area contributed by atoms with Crippen molar-refractivity contribution in [2.24, 2.45) is 0 Å². The van der Waals surface area contributed by atoms with Gasteiger partial charge < -0.3 is 15.6 Å². The van der Waals surface area contributed by atoms with Gasteiger partial charge in [0.2, 0.25) is 5.95 Å². The predicted molar refractivity (Wildman–Crippen MR) is 96.9 cm³/mol. The monoisotopic (exact) mass is 357 g/mol.